The Hall–Kier alpha value is -1.15. The normalized spacial score (nSPS) is 11.2. The van der Waals surface area contributed by atoms with E-state index in [1.165, 1.54) is 7.11 Å². The summed E-state index contributed by atoms with van der Waals surface area (Å²) in [7, 11) is -2.08. The van der Waals surface area contributed by atoms with Gasteiger partial charge in [0.2, 0.25) is 10.0 Å². The molecule has 0 aliphatic heterocycles. The zero-order valence-corrected chi connectivity index (χ0v) is 12.6. The minimum atomic E-state index is -3.34. The van der Waals surface area contributed by atoms with Crippen molar-refractivity contribution in [3.63, 3.8) is 0 Å². The predicted octanol–water partition coefficient (Wildman–Crippen LogP) is 0.894. The Morgan fingerprint density at radius 2 is 1.70 bits per heavy atom. The van der Waals surface area contributed by atoms with Crippen molar-refractivity contribution in [3.8, 4) is 0 Å². The first-order valence-electron chi connectivity index (χ1n) is 6.63. The van der Waals surface area contributed by atoms with Crippen molar-refractivity contribution in [1.82, 2.24) is 4.72 Å². The van der Waals surface area contributed by atoms with E-state index in [1.54, 1.807) is 0 Å². The maximum atomic E-state index is 11.5. The van der Waals surface area contributed by atoms with Gasteiger partial charge >= 0.3 is 11.9 Å². The lowest BCUT2D eigenvalue weighted by atomic mass is 10.1. The number of hydrogen-bond donors (Lipinski definition) is 2. The molecule has 0 aromatic carbocycles. The molecule has 0 aliphatic carbocycles. The van der Waals surface area contributed by atoms with Crippen LogP contribution >= 0.6 is 0 Å². The molecule has 0 aromatic heterocycles. The van der Waals surface area contributed by atoms with Crippen LogP contribution in [0.2, 0.25) is 0 Å². The summed E-state index contributed by atoms with van der Waals surface area (Å²) in [5.74, 6) is -1.32. The van der Waals surface area contributed by atoms with Gasteiger partial charge in [0.05, 0.1) is 12.9 Å². The molecule has 0 fully saturated rings. The highest BCUT2D eigenvalue weighted by Crippen LogP contribution is 2.03. The third-order valence-electron chi connectivity index (χ3n) is 2.66. The monoisotopic (exact) mass is 309 g/mol. The summed E-state index contributed by atoms with van der Waals surface area (Å²) in [6.45, 7) is 0.341. The second kappa shape index (κ2) is 10.6. The van der Waals surface area contributed by atoms with Gasteiger partial charge in [-0.1, -0.05) is 12.8 Å². The molecule has 0 heterocycles. The number of carboxylic acids is 1. The summed E-state index contributed by atoms with van der Waals surface area (Å²) in [6.07, 6.45) is 3.33. The summed E-state index contributed by atoms with van der Waals surface area (Å²) in [6, 6.07) is 0. The molecule has 0 rings (SSSR count). The Morgan fingerprint density at radius 3 is 2.30 bits per heavy atom. The third-order valence-corrected chi connectivity index (χ3v) is 4.13. The fourth-order valence-electron chi connectivity index (χ4n) is 1.56. The number of methoxy groups -OCH3 is 1. The van der Waals surface area contributed by atoms with E-state index in [9.17, 15) is 18.0 Å². The van der Waals surface area contributed by atoms with E-state index in [0.717, 1.165) is 12.8 Å². The Kier molecular flexibility index (Phi) is 10.0. The zero-order chi connectivity index (χ0) is 15.4. The molecule has 118 valence electrons. The number of rotatable bonds is 12. The van der Waals surface area contributed by atoms with Gasteiger partial charge in [0, 0.05) is 19.4 Å². The summed E-state index contributed by atoms with van der Waals surface area (Å²) >= 11 is 0. The maximum Gasteiger partial charge on any atom is 0.305 e. The van der Waals surface area contributed by atoms with Crippen molar-refractivity contribution in [1.29, 1.82) is 0 Å². The van der Waals surface area contributed by atoms with Crippen LogP contribution in [0.3, 0.4) is 0 Å². The molecule has 0 unspecified atom stereocenters. The van der Waals surface area contributed by atoms with Crippen molar-refractivity contribution in [2.75, 3.05) is 19.4 Å². The summed E-state index contributed by atoms with van der Waals surface area (Å²) in [5.41, 5.74) is 0. The summed E-state index contributed by atoms with van der Waals surface area (Å²) in [5, 5.41) is 8.44. The molecule has 2 N–H and O–H groups in total. The minimum Gasteiger partial charge on any atom is -0.481 e. The highest BCUT2D eigenvalue weighted by molar-refractivity contribution is 7.89. The minimum absolute atomic E-state index is 0.0899. The van der Waals surface area contributed by atoms with Crippen LogP contribution in [0, 0.1) is 0 Å². The molecular formula is C12H23NO6S. The summed E-state index contributed by atoms with van der Waals surface area (Å²) < 4.78 is 30.0. The van der Waals surface area contributed by atoms with Gasteiger partial charge in [-0.3, -0.25) is 9.59 Å². The lowest BCUT2D eigenvalue weighted by Gasteiger charge is -2.06. The topological polar surface area (TPSA) is 110 Å². The first kappa shape index (κ1) is 18.9. The van der Waals surface area contributed by atoms with Gasteiger partial charge in [0.1, 0.15) is 0 Å². The number of esters is 1. The zero-order valence-electron chi connectivity index (χ0n) is 11.8. The second-order valence-corrected chi connectivity index (χ2v) is 6.38. The van der Waals surface area contributed by atoms with Crippen LogP contribution < -0.4 is 4.72 Å². The van der Waals surface area contributed by atoms with E-state index in [2.05, 4.69) is 9.46 Å². The van der Waals surface area contributed by atoms with Gasteiger partial charge in [-0.05, 0) is 19.3 Å². The fraction of sp³-hybridized carbons (Fsp3) is 0.833. The molecule has 8 heteroatoms. The Bertz CT molecular complexity index is 393. The number of carbonyl (C=O) groups is 2. The molecule has 0 saturated heterocycles. The molecule has 0 aliphatic rings. The number of carbonyl (C=O) groups excluding carboxylic acids is 1. The molecular weight excluding hydrogens is 286 g/mol. The van der Waals surface area contributed by atoms with Crippen LogP contribution in [0.4, 0.5) is 0 Å². The van der Waals surface area contributed by atoms with Crippen molar-refractivity contribution in [2.24, 2.45) is 0 Å². The molecule has 0 atom stereocenters. The molecule has 7 nitrogen and oxygen atoms in total. The highest BCUT2D eigenvalue weighted by Gasteiger charge is 2.10. The van der Waals surface area contributed by atoms with E-state index in [4.69, 9.17) is 5.11 Å². The molecule has 0 spiro atoms. The SMILES string of the molecule is COC(=O)CCCS(=O)(=O)NCCCCCCC(=O)O. The van der Waals surface area contributed by atoms with Gasteiger partial charge in [0.15, 0.2) is 0 Å². The van der Waals surface area contributed by atoms with E-state index in [-0.39, 0.29) is 25.0 Å². The van der Waals surface area contributed by atoms with Crippen LogP contribution in [0.1, 0.15) is 44.9 Å². The molecule has 0 saturated carbocycles. The highest BCUT2D eigenvalue weighted by atomic mass is 32.2. The van der Waals surface area contributed by atoms with E-state index in [1.807, 2.05) is 0 Å². The quantitative estimate of drug-likeness (QED) is 0.409. The van der Waals surface area contributed by atoms with E-state index < -0.39 is 22.0 Å². The number of sulfonamides is 1. The van der Waals surface area contributed by atoms with Gasteiger partial charge < -0.3 is 9.84 Å². The third kappa shape index (κ3) is 11.9. The smallest absolute Gasteiger partial charge is 0.305 e. The van der Waals surface area contributed by atoms with E-state index >= 15 is 0 Å². The standard InChI is InChI=1S/C12H23NO6S/c1-19-12(16)8-6-10-20(17,18)13-9-5-3-2-4-7-11(14)15/h13H,2-10H2,1H3,(H,14,15). The van der Waals surface area contributed by atoms with Crippen molar-refractivity contribution >= 4 is 22.0 Å². The number of unbranched alkanes of at least 4 members (excludes halogenated alkanes) is 3. The van der Waals surface area contributed by atoms with Crippen LogP contribution in [-0.4, -0.2) is 44.9 Å². The van der Waals surface area contributed by atoms with Crippen molar-refractivity contribution in [2.45, 2.75) is 44.9 Å². The average molecular weight is 309 g/mol. The van der Waals surface area contributed by atoms with Crippen molar-refractivity contribution < 1.29 is 27.9 Å². The number of carboxylic acid groups (broad SMARTS) is 1. The van der Waals surface area contributed by atoms with Gasteiger partial charge in [-0.15, -0.1) is 0 Å². The second-order valence-electron chi connectivity index (χ2n) is 4.45. The van der Waals surface area contributed by atoms with E-state index in [0.29, 0.717) is 19.4 Å². The van der Waals surface area contributed by atoms with Crippen molar-refractivity contribution in [3.05, 3.63) is 0 Å². The lowest BCUT2D eigenvalue weighted by molar-refractivity contribution is -0.140. The number of aliphatic carboxylic acids is 1. The lowest BCUT2D eigenvalue weighted by Crippen LogP contribution is -2.27. The number of ether oxygens (including phenoxy) is 1. The molecule has 0 bridgehead atoms. The predicted molar refractivity (Wildman–Crippen MR) is 73.8 cm³/mol. The molecule has 20 heavy (non-hydrogen) atoms. The van der Waals surface area contributed by atoms with Crippen LogP contribution in [-0.2, 0) is 24.3 Å². The Morgan fingerprint density at radius 1 is 1.05 bits per heavy atom. The van der Waals surface area contributed by atoms with Crippen LogP contribution in [0.25, 0.3) is 0 Å². The van der Waals surface area contributed by atoms with Gasteiger partial charge in [-0.2, -0.15) is 0 Å². The molecule has 0 radical (unpaired) electrons. The Labute approximate surface area is 119 Å². The first-order valence-corrected chi connectivity index (χ1v) is 8.28. The van der Waals surface area contributed by atoms with Crippen LogP contribution in [0.5, 0.6) is 0 Å². The fourth-order valence-corrected chi connectivity index (χ4v) is 2.69. The molecule has 0 aromatic rings. The average Bonchev–Trinajstić information content (AvgIpc) is 2.36. The summed E-state index contributed by atoms with van der Waals surface area (Å²) in [4.78, 5) is 21.1. The molecule has 0 amide bonds. The Balaban J connectivity index is 3.57. The maximum absolute atomic E-state index is 11.5. The number of nitrogens with one attached hydrogen (secondary N) is 1. The largest absolute Gasteiger partial charge is 0.481 e. The van der Waals surface area contributed by atoms with Gasteiger partial charge in [0.25, 0.3) is 0 Å². The first-order chi connectivity index (χ1) is 9.37. The number of hydrogen-bond acceptors (Lipinski definition) is 5. The van der Waals surface area contributed by atoms with Crippen LogP contribution in [0.15, 0.2) is 0 Å². The van der Waals surface area contributed by atoms with Gasteiger partial charge in [-0.25, -0.2) is 13.1 Å².